The highest BCUT2D eigenvalue weighted by molar-refractivity contribution is 7.98. The summed E-state index contributed by atoms with van der Waals surface area (Å²) in [4.78, 5) is 0. The number of hydrogen-bond donors (Lipinski definition) is 0. The summed E-state index contributed by atoms with van der Waals surface area (Å²) in [5.74, 6) is 2.37. The van der Waals surface area contributed by atoms with Crippen LogP contribution in [0.3, 0.4) is 0 Å². The molecule has 2 aromatic carbocycles. The second-order valence-electron chi connectivity index (χ2n) is 6.20. The lowest BCUT2D eigenvalue weighted by Gasteiger charge is -2.08. The molecule has 0 fully saturated rings. The first-order valence-electron chi connectivity index (χ1n) is 8.89. The maximum absolute atomic E-state index is 5.48. The molecule has 2 aromatic heterocycles. The summed E-state index contributed by atoms with van der Waals surface area (Å²) in [6, 6.07) is 20.2. The van der Waals surface area contributed by atoms with Gasteiger partial charge in [-0.25, -0.2) is 0 Å². The molecule has 0 spiro atoms. The van der Waals surface area contributed by atoms with Gasteiger partial charge in [-0.3, -0.25) is 0 Å². The molecule has 0 aliphatic carbocycles. The van der Waals surface area contributed by atoms with E-state index in [9.17, 15) is 0 Å². The van der Waals surface area contributed by atoms with Crippen LogP contribution >= 0.6 is 11.8 Å². The van der Waals surface area contributed by atoms with Gasteiger partial charge in [-0.05, 0) is 19.4 Å². The largest absolute Gasteiger partial charge is 0.356 e. The van der Waals surface area contributed by atoms with Crippen LogP contribution in [-0.4, -0.2) is 19.9 Å². The topological polar surface area (TPSA) is 56.7 Å². The maximum Gasteiger partial charge on any atom is 0.191 e. The van der Waals surface area contributed by atoms with Crippen molar-refractivity contribution in [3.63, 3.8) is 0 Å². The number of aromatic nitrogens is 4. The Kier molecular flexibility index (Phi) is 5.07. The third-order valence-electron chi connectivity index (χ3n) is 4.39. The predicted molar refractivity (Wildman–Crippen MR) is 107 cm³/mol. The first-order valence-corrected chi connectivity index (χ1v) is 9.88. The van der Waals surface area contributed by atoms with Crippen molar-refractivity contribution >= 4 is 11.8 Å². The summed E-state index contributed by atoms with van der Waals surface area (Å²) >= 11 is 1.62. The van der Waals surface area contributed by atoms with E-state index in [4.69, 9.17) is 4.52 Å². The minimum absolute atomic E-state index is 0.683. The lowest BCUT2D eigenvalue weighted by molar-refractivity contribution is 0.426. The monoisotopic (exact) mass is 376 g/mol. The van der Waals surface area contributed by atoms with Crippen LogP contribution in [0, 0.1) is 6.92 Å². The number of hydrogen-bond acceptors (Lipinski definition) is 5. The third-order valence-corrected chi connectivity index (χ3v) is 5.39. The quantitative estimate of drug-likeness (QED) is 0.432. The highest BCUT2D eigenvalue weighted by atomic mass is 32.2. The molecule has 0 atom stereocenters. The average molecular weight is 376 g/mol. The van der Waals surface area contributed by atoms with Gasteiger partial charge in [-0.15, -0.1) is 10.2 Å². The van der Waals surface area contributed by atoms with Gasteiger partial charge in [-0.1, -0.05) is 71.5 Å². The van der Waals surface area contributed by atoms with E-state index in [0.717, 1.165) is 40.1 Å². The zero-order chi connectivity index (χ0) is 18.6. The highest BCUT2D eigenvalue weighted by Crippen LogP contribution is 2.29. The average Bonchev–Trinajstić information content (AvgIpc) is 3.34. The van der Waals surface area contributed by atoms with Crippen LogP contribution in [0.1, 0.15) is 18.2 Å². The van der Waals surface area contributed by atoms with Crippen LogP contribution in [0.15, 0.2) is 70.3 Å². The van der Waals surface area contributed by atoms with Gasteiger partial charge in [0.05, 0.1) is 5.69 Å². The van der Waals surface area contributed by atoms with Crippen LogP contribution in [0.2, 0.25) is 0 Å². The van der Waals surface area contributed by atoms with Gasteiger partial charge in [0, 0.05) is 29.5 Å². The summed E-state index contributed by atoms with van der Waals surface area (Å²) in [5, 5.41) is 13.9. The molecule has 0 saturated carbocycles. The number of nitrogens with zero attached hydrogens (tertiary/aromatic N) is 4. The van der Waals surface area contributed by atoms with Crippen molar-refractivity contribution in [2.24, 2.45) is 0 Å². The second kappa shape index (κ2) is 7.80. The fourth-order valence-electron chi connectivity index (χ4n) is 2.96. The van der Waals surface area contributed by atoms with Crippen LogP contribution in [-0.2, 0) is 12.3 Å². The molecule has 27 heavy (non-hydrogen) atoms. The predicted octanol–water partition coefficient (Wildman–Crippen LogP) is 5.22. The molecule has 0 N–H and O–H groups in total. The molecule has 4 rings (SSSR count). The third kappa shape index (κ3) is 3.66. The van der Waals surface area contributed by atoms with Crippen molar-refractivity contribution in [3.05, 3.63) is 71.9 Å². The minimum atomic E-state index is 0.683. The van der Waals surface area contributed by atoms with Gasteiger partial charge >= 0.3 is 0 Å². The summed E-state index contributed by atoms with van der Waals surface area (Å²) in [7, 11) is 0. The van der Waals surface area contributed by atoms with Gasteiger partial charge in [0.1, 0.15) is 0 Å². The van der Waals surface area contributed by atoms with E-state index in [0.29, 0.717) is 5.75 Å². The van der Waals surface area contributed by atoms with Gasteiger partial charge < -0.3 is 9.09 Å². The van der Waals surface area contributed by atoms with Crippen LogP contribution < -0.4 is 0 Å². The number of rotatable bonds is 6. The van der Waals surface area contributed by atoms with Crippen molar-refractivity contribution in [2.75, 3.05) is 0 Å². The first-order chi connectivity index (χ1) is 13.3. The van der Waals surface area contributed by atoms with Crippen molar-refractivity contribution < 1.29 is 4.52 Å². The van der Waals surface area contributed by atoms with E-state index in [2.05, 4.69) is 45.9 Å². The van der Waals surface area contributed by atoms with Crippen LogP contribution in [0.4, 0.5) is 0 Å². The van der Waals surface area contributed by atoms with Crippen LogP contribution in [0.5, 0.6) is 0 Å². The normalized spacial score (nSPS) is 11.0. The molecule has 0 bridgehead atoms. The van der Waals surface area contributed by atoms with E-state index in [1.165, 1.54) is 5.56 Å². The Balaban J connectivity index is 1.53. The van der Waals surface area contributed by atoms with Gasteiger partial charge in [0.15, 0.2) is 16.7 Å². The van der Waals surface area contributed by atoms with E-state index >= 15 is 0 Å². The molecular weight excluding hydrogens is 356 g/mol. The molecule has 136 valence electrons. The van der Waals surface area contributed by atoms with E-state index in [-0.39, 0.29) is 0 Å². The van der Waals surface area contributed by atoms with E-state index in [1.807, 2.05) is 48.5 Å². The first kappa shape index (κ1) is 17.5. The highest BCUT2D eigenvalue weighted by Gasteiger charge is 2.15. The van der Waals surface area contributed by atoms with Crippen molar-refractivity contribution in [1.29, 1.82) is 0 Å². The Morgan fingerprint density at radius 2 is 1.78 bits per heavy atom. The van der Waals surface area contributed by atoms with Gasteiger partial charge in [-0.2, -0.15) is 0 Å². The zero-order valence-corrected chi connectivity index (χ0v) is 16.1. The molecule has 6 heteroatoms. The molecule has 4 aromatic rings. The smallest absolute Gasteiger partial charge is 0.191 e. The molecule has 0 unspecified atom stereocenters. The molecule has 0 saturated heterocycles. The van der Waals surface area contributed by atoms with Crippen molar-refractivity contribution in [2.45, 2.75) is 31.3 Å². The Bertz CT molecular complexity index is 1040. The van der Waals surface area contributed by atoms with E-state index < -0.39 is 0 Å². The lowest BCUT2D eigenvalue weighted by Crippen LogP contribution is -2.00. The van der Waals surface area contributed by atoms with Crippen molar-refractivity contribution in [1.82, 2.24) is 19.9 Å². The van der Waals surface area contributed by atoms with E-state index in [1.54, 1.807) is 11.8 Å². The number of thioether (sulfide) groups is 1. The zero-order valence-electron chi connectivity index (χ0n) is 15.3. The fraction of sp³-hybridized carbons (Fsp3) is 0.190. The maximum atomic E-state index is 5.48. The standard InChI is InChI=1S/C21H20N4OS/c1-3-25-20(18-12-8-7-9-15(18)2)22-23-21(25)27-14-17-13-19(26-24-17)16-10-5-4-6-11-16/h4-13H,3,14H2,1-2H3. The second-order valence-corrected chi connectivity index (χ2v) is 7.15. The summed E-state index contributed by atoms with van der Waals surface area (Å²) in [5.41, 5.74) is 4.23. The molecule has 2 heterocycles. The Morgan fingerprint density at radius 1 is 1.00 bits per heavy atom. The van der Waals surface area contributed by atoms with Crippen LogP contribution in [0.25, 0.3) is 22.7 Å². The summed E-state index contributed by atoms with van der Waals surface area (Å²) in [6.45, 7) is 5.02. The molecule has 0 aliphatic rings. The molecular formula is C21H20N4OS. The lowest BCUT2D eigenvalue weighted by atomic mass is 10.1. The van der Waals surface area contributed by atoms with Gasteiger partial charge in [0.25, 0.3) is 0 Å². The molecule has 0 amide bonds. The fourth-order valence-corrected chi connectivity index (χ4v) is 3.84. The molecule has 5 nitrogen and oxygen atoms in total. The molecule has 0 aliphatic heterocycles. The Labute approximate surface area is 162 Å². The van der Waals surface area contributed by atoms with Gasteiger partial charge in [0.2, 0.25) is 0 Å². The summed E-state index contributed by atoms with van der Waals surface area (Å²) < 4.78 is 7.62. The summed E-state index contributed by atoms with van der Waals surface area (Å²) in [6.07, 6.45) is 0. The SMILES string of the molecule is CCn1c(SCc2cc(-c3ccccc3)on2)nnc1-c1ccccc1C. The van der Waals surface area contributed by atoms with Crippen molar-refractivity contribution in [3.8, 4) is 22.7 Å². The number of benzene rings is 2. The molecule has 0 radical (unpaired) electrons. The Hall–Kier alpha value is -2.86. The minimum Gasteiger partial charge on any atom is -0.356 e. The Morgan fingerprint density at radius 3 is 2.56 bits per heavy atom. The number of aryl methyl sites for hydroxylation is 1.